The molecule has 0 aromatic heterocycles. The lowest BCUT2D eigenvalue weighted by Gasteiger charge is -2.34. The van der Waals surface area contributed by atoms with Crippen molar-refractivity contribution in [2.45, 2.75) is 40.0 Å². The van der Waals surface area contributed by atoms with Crippen LogP contribution in [-0.4, -0.2) is 15.6 Å². The Morgan fingerprint density at radius 1 is 1.26 bits per heavy atom. The predicted octanol–water partition coefficient (Wildman–Crippen LogP) is 4.12. The Balaban J connectivity index is 2.22. The quantitative estimate of drug-likeness (QED) is 0.662. The number of non-ortho nitro benzene ring substituents is 1. The molecule has 0 heterocycles. The summed E-state index contributed by atoms with van der Waals surface area (Å²) in [4.78, 5) is 20.5. The fourth-order valence-electron chi connectivity index (χ4n) is 2.94. The van der Waals surface area contributed by atoms with Crippen LogP contribution in [0.1, 0.15) is 40.0 Å². The molecule has 8 nitrogen and oxygen atoms in total. The van der Waals surface area contributed by atoms with E-state index in [1.807, 2.05) is 0 Å². The summed E-state index contributed by atoms with van der Waals surface area (Å²) >= 11 is 0. The highest BCUT2D eigenvalue weighted by atomic mass is 16.6. The van der Waals surface area contributed by atoms with Crippen LogP contribution in [0.15, 0.2) is 23.3 Å². The van der Waals surface area contributed by atoms with E-state index in [-0.39, 0.29) is 22.5 Å². The number of hydrogen-bond donors (Lipinski definition) is 1. The van der Waals surface area contributed by atoms with Crippen molar-refractivity contribution >= 4 is 22.8 Å². The molecule has 1 aromatic carbocycles. The molecule has 1 fully saturated rings. The molecule has 124 valence electrons. The van der Waals surface area contributed by atoms with Crippen LogP contribution in [0.2, 0.25) is 0 Å². The first-order chi connectivity index (χ1) is 10.7. The third-order valence-electron chi connectivity index (χ3n) is 4.19. The number of benzene rings is 1. The van der Waals surface area contributed by atoms with Crippen LogP contribution < -0.4 is 5.43 Å². The van der Waals surface area contributed by atoms with Crippen molar-refractivity contribution in [3.8, 4) is 0 Å². The number of nitro benzene ring substituents is 2. The summed E-state index contributed by atoms with van der Waals surface area (Å²) in [5.41, 5.74) is 3.44. The predicted molar refractivity (Wildman–Crippen MR) is 87.6 cm³/mol. The number of hydrogen-bond acceptors (Lipinski definition) is 6. The summed E-state index contributed by atoms with van der Waals surface area (Å²) < 4.78 is 0. The van der Waals surface area contributed by atoms with Gasteiger partial charge in [-0.15, -0.1) is 0 Å². The molecule has 0 saturated heterocycles. The number of nitrogens with zero attached hydrogens (tertiary/aromatic N) is 3. The van der Waals surface area contributed by atoms with Gasteiger partial charge in [-0.2, -0.15) is 5.10 Å². The van der Waals surface area contributed by atoms with Gasteiger partial charge in [0.1, 0.15) is 5.69 Å². The average molecular weight is 320 g/mol. The molecule has 8 heteroatoms. The second kappa shape index (κ2) is 6.31. The maximum atomic E-state index is 11.1. The third-order valence-corrected chi connectivity index (χ3v) is 4.19. The summed E-state index contributed by atoms with van der Waals surface area (Å²) in [6.45, 7) is 6.52. The first-order valence-electron chi connectivity index (χ1n) is 7.45. The second-order valence-electron chi connectivity index (χ2n) is 6.70. The fourth-order valence-corrected chi connectivity index (χ4v) is 2.94. The monoisotopic (exact) mass is 320 g/mol. The zero-order valence-corrected chi connectivity index (χ0v) is 13.4. The lowest BCUT2D eigenvalue weighted by Crippen LogP contribution is -2.29. The Morgan fingerprint density at radius 3 is 2.52 bits per heavy atom. The Bertz CT molecular complexity index is 669. The van der Waals surface area contributed by atoms with Gasteiger partial charge in [0.05, 0.1) is 15.9 Å². The summed E-state index contributed by atoms with van der Waals surface area (Å²) in [5, 5.41) is 26.1. The van der Waals surface area contributed by atoms with Crippen molar-refractivity contribution in [3.63, 3.8) is 0 Å². The SMILES string of the molecule is CC1CC(C)(C)CC/C1=N/Nc1ccc([N+](=O)[O-])cc1[N+](=O)[O-]. The zero-order chi connectivity index (χ0) is 17.2. The highest BCUT2D eigenvalue weighted by Gasteiger charge is 2.30. The minimum atomic E-state index is -0.659. The number of anilines is 1. The molecule has 0 bridgehead atoms. The Labute approximate surface area is 133 Å². The van der Waals surface area contributed by atoms with E-state index in [1.165, 1.54) is 12.1 Å². The van der Waals surface area contributed by atoms with Crippen LogP contribution in [-0.2, 0) is 0 Å². The van der Waals surface area contributed by atoms with E-state index in [1.54, 1.807) is 0 Å². The highest BCUT2D eigenvalue weighted by Crippen LogP contribution is 2.37. The molecule has 1 atom stereocenters. The van der Waals surface area contributed by atoms with Crippen molar-refractivity contribution in [2.24, 2.45) is 16.4 Å². The van der Waals surface area contributed by atoms with Crippen LogP contribution in [0, 0.1) is 31.6 Å². The molecular formula is C15H20N4O4. The van der Waals surface area contributed by atoms with Crippen molar-refractivity contribution in [3.05, 3.63) is 38.4 Å². The van der Waals surface area contributed by atoms with E-state index in [0.29, 0.717) is 5.92 Å². The summed E-state index contributed by atoms with van der Waals surface area (Å²) in [5.74, 6) is 0.295. The smallest absolute Gasteiger partial charge is 0.272 e. The van der Waals surface area contributed by atoms with Crippen LogP contribution in [0.5, 0.6) is 0 Å². The van der Waals surface area contributed by atoms with Gasteiger partial charge >= 0.3 is 5.69 Å². The molecule has 1 saturated carbocycles. The fraction of sp³-hybridized carbons (Fsp3) is 0.533. The van der Waals surface area contributed by atoms with Gasteiger partial charge in [-0.25, -0.2) is 0 Å². The van der Waals surface area contributed by atoms with Crippen molar-refractivity contribution < 1.29 is 9.85 Å². The second-order valence-corrected chi connectivity index (χ2v) is 6.70. The molecule has 0 spiro atoms. The van der Waals surface area contributed by atoms with Gasteiger partial charge in [0.25, 0.3) is 5.69 Å². The van der Waals surface area contributed by atoms with Crippen molar-refractivity contribution in [1.29, 1.82) is 0 Å². The molecule has 0 radical (unpaired) electrons. The van der Waals surface area contributed by atoms with Gasteiger partial charge in [0.15, 0.2) is 0 Å². The summed E-state index contributed by atoms with van der Waals surface area (Å²) in [7, 11) is 0. The maximum Gasteiger partial charge on any atom is 0.301 e. The lowest BCUT2D eigenvalue weighted by atomic mass is 9.72. The zero-order valence-electron chi connectivity index (χ0n) is 13.4. The molecule has 1 aromatic rings. The Morgan fingerprint density at radius 2 is 1.96 bits per heavy atom. The molecule has 1 N–H and O–H groups in total. The maximum absolute atomic E-state index is 11.1. The van der Waals surface area contributed by atoms with E-state index in [9.17, 15) is 20.2 Å². The summed E-state index contributed by atoms with van der Waals surface area (Å²) in [6, 6.07) is 3.48. The number of hydrazone groups is 1. The molecule has 0 amide bonds. The normalized spacial score (nSPS) is 21.9. The molecule has 1 aliphatic carbocycles. The molecule has 1 unspecified atom stereocenters. The van der Waals surface area contributed by atoms with Gasteiger partial charge in [-0.3, -0.25) is 25.7 Å². The van der Waals surface area contributed by atoms with Crippen LogP contribution in [0.4, 0.5) is 17.1 Å². The van der Waals surface area contributed by atoms with Gasteiger partial charge < -0.3 is 0 Å². The number of nitro groups is 2. The standard InChI is InChI=1S/C15H20N4O4/c1-10-9-15(2,3)7-6-12(10)16-17-13-5-4-11(18(20)21)8-14(13)19(22)23/h4-5,8,10,17H,6-7,9H2,1-3H3/b16-12-. The van der Waals surface area contributed by atoms with E-state index in [0.717, 1.165) is 31.0 Å². The minimum absolute atomic E-state index is 0.158. The van der Waals surface area contributed by atoms with Crippen LogP contribution in [0.3, 0.4) is 0 Å². The minimum Gasteiger partial charge on any atom is -0.272 e. The van der Waals surface area contributed by atoms with Crippen LogP contribution in [0.25, 0.3) is 0 Å². The summed E-state index contributed by atoms with van der Waals surface area (Å²) in [6.07, 6.45) is 2.86. The largest absolute Gasteiger partial charge is 0.301 e. The van der Waals surface area contributed by atoms with E-state index >= 15 is 0 Å². The van der Waals surface area contributed by atoms with E-state index in [2.05, 4.69) is 31.3 Å². The Hall–Kier alpha value is -2.51. The lowest BCUT2D eigenvalue weighted by molar-refractivity contribution is -0.393. The molecule has 0 aliphatic heterocycles. The molecule has 23 heavy (non-hydrogen) atoms. The van der Waals surface area contributed by atoms with Gasteiger partial charge in [-0.1, -0.05) is 20.8 Å². The van der Waals surface area contributed by atoms with E-state index in [4.69, 9.17) is 0 Å². The van der Waals surface area contributed by atoms with Gasteiger partial charge in [0, 0.05) is 11.8 Å². The highest BCUT2D eigenvalue weighted by molar-refractivity contribution is 5.88. The first kappa shape index (κ1) is 16.9. The van der Waals surface area contributed by atoms with Crippen molar-refractivity contribution in [2.75, 3.05) is 5.43 Å². The van der Waals surface area contributed by atoms with Crippen molar-refractivity contribution in [1.82, 2.24) is 0 Å². The topological polar surface area (TPSA) is 111 Å². The van der Waals surface area contributed by atoms with Gasteiger partial charge in [0.2, 0.25) is 0 Å². The average Bonchev–Trinajstić information content (AvgIpc) is 2.45. The van der Waals surface area contributed by atoms with E-state index < -0.39 is 9.85 Å². The molecule has 1 aliphatic rings. The molecule has 2 rings (SSSR count). The third kappa shape index (κ3) is 4.02. The molecular weight excluding hydrogens is 300 g/mol. The first-order valence-corrected chi connectivity index (χ1v) is 7.45. The number of rotatable bonds is 4. The van der Waals surface area contributed by atoms with Crippen LogP contribution >= 0.6 is 0 Å². The van der Waals surface area contributed by atoms with Gasteiger partial charge in [-0.05, 0) is 36.7 Å². The Kier molecular flexibility index (Phi) is 4.63. The number of nitrogens with one attached hydrogen (secondary N) is 1.